The van der Waals surface area contributed by atoms with Crippen molar-refractivity contribution < 1.29 is 29.1 Å². The van der Waals surface area contributed by atoms with Gasteiger partial charge in [-0.15, -0.1) is 5.06 Å². The van der Waals surface area contributed by atoms with E-state index in [9.17, 15) is 19.5 Å². The Kier molecular flexibility index (Phi) is 14.3. The Bertz CT molecular complexity index is 1180. The molecule has 0 spiro atoms. The summed E-state index contributed by atoms with van der Waals surface area (Å²) in [6.07, 6.45) is 19.8. The molecule has 272 valence electrons. The van der Waals surface area contributed by atoms with E-state index < -0.39 is 23.4 Å². The molecule has 5 atom stereocenters. The molecule has 1 N–H and O–H groups in total. The average molecular weight is 670 g/mol. The average Bonchev–Trinajstić information content (AvgIpc) is 3.49. The third-order valence-corrected chi connectivity index (χ3v) is 11.1. The van der Waals surface area contributed by atoms with Gasteiger partial charge in [-0.1, -0.05) is 77.3 Å². The van der Waals surface area contributed by atoms with Gasteiger partial charge >= 0.3 is 5.97 Å². The highest BCUT2D eigenvalue weighted by molar-refractivity contribution is 6.01. The van der Waals surface area contributed by atoms with Gasteiger partial charge in [-0.05, 0) is 126 Å². The molecule has 2 amide bonds. The fraction of sp³-hybridized carbons (Fsp3) is 0.780. The molecule has 1 heterocycles. The predicted molar refractivity (Wildman–Crippen MR) is 193 cm³/mol. The van der Waals surface area contributed by atoms with E-state index in [0.29, 0.717) is 29.1 Å². The molecule has 4 rings (SSSR count). The molecule has 48 heavy (non-hydrogen) atoms. The van der Waals surface area contributed by atoms with Crippen molar-refractivity contribution in [1.82, 2.24) is 5.06 Å². The van der Waals surface area contributed by atoms with Crippen molar-refractivity contribution in [3.63, 3.8) is 0 Å². The van der Waals surface area contributed by atoms with Gasteiger partial charge in [0.25, 0.3) is 11.8 Å². The third kappa shape index (κ3) is 12.0. The van der Waals surface area contributed by atoms with Gasteiger partial charge in [0.1, 0.15) is 0 Å². The maximum absolute atomic E-state index is 11.4. The lowest BCUT2D eigenvalue weighted by molar-refractivity contribution is -0.197. The minimum atomic E-state index is -0.529. The van der Waals surface area contributed by atoms with Gasteiger partial charge in [0.2, 0.25) is 0 Å². The van der Waals surface area contributed by atoms with Gasteiger partial charge in [-0.25, -0.2) is 4.79 Å². The number of hydrogen-bond acceptors (Lipinski definition) is 6. The second-order valence-corrected chi connectivity index (χ2v) is 17.5. The first-order valence-electron chi connectivity index (χ1n) is 18.8. The summed E-state index contributed by atoms with van der Waals surface area (Å²) in [4.78, 5) is 38.4. The number of nitrogens with zero attached hydrogens (tertiary/aromatic N) is 1. The first kappa shape index (κ1) is 40.2. The molecule has 7 heteroatoms. The molecule has 0 bridgehead atoms. The van der Waals surface area contributed by atoms with Gasteiger partial charge in [0, 0.05) is 19.3 Å². The lowest BCUT2D eigenvalue weighted by Crippen LogP contribution is -2.36. The second-order valence-electron chi connectivity index (χ2n) is 17.5. The first-order chi connectivity index (χ1) is 22.3. The zero-order chi connectivity index (χ0) is 35.9. The number of ether oxygens (including phenoxy) is 1. The molecule has 0 aromatic rings. The summed E-state index contributed by atoms with van der Waals surface area (Å²) >= 11 is 0. The first-order valence-corrected chi connectivity index (χ1v) is 18.8. The number of allylic oxidation sites excluding steroid dienone is 4. The van der Waals surface area contributed by atoms with E-state index in [-0.39, 0.29) is 24.7 Å². The van der Waals surface area contributed by atoms with Gasteiger partial charge in [-0.2, -0.15) is 0 Å². The number of carbonyl (C=O) groups excluding carboxylic acids is 3. The summed E-state index contributed by atoms with van der Waals surface area (Å²) in [5, 5.41) is 10.7. The zero-order valence-corrected chi connectivity index (χ0v) is 31.8. The SMILES string of the molecule is C=C1CC[C@H](OC(C)C)C/C1=C/C=C1\CCC[C@]2(C)[C@@H]([C@H](C)CCCC(C)(C)O)CC[C@@H]12.CC(C)(C)CCC(=O)ON1C(=O)CCC1=O. The molecule has 3 saturated carbocycles. The molecule has 4 aliphatic rings. The normalized spacial score (nSPS) is 28.9. The van der Waals surface area contributed by atoms with Crippen LogP contribution in [0.4, 0.5) is 0 Å². The van der Waals surface area contributed by atoms with Crippen LogP contribution in [0.25, 0.3) is 0 Å². The van der Waals surface area contributed by atoms with E-state index >= 15 is 0 Å². The molecule has 1 saturated heterocycles. The maximum atomic E-state index is 11.4. The highest BCUT2D eigenvalue weighted by Gasteiger charge is 2.50. The zero-order valence-electron chi connectivity index (χ0n) is 31.8. The number of imide groups is 1. The molecule has 0 aromatic heterocycles. The van der Waals surface area contributed by atoms with Crippen molar-refractivity contribution in [1.29, 1.82) is 0 Å². The van der Waals surface area contributed by atoms with Crippen molar-refractivity contribution in [3.8, 4) is 0 Å². The fourth-order valence-electron chi connectivity index (χ4n) is 8.44. The Balaban J connectivity index is 0.000000328. The summed E-state index contributed by atoms with van der Waals surface area (Å²) < 4.78 is 6.12. The lowest BCUT2D eigenvalue weighted by atomic mass is 9.60. The molecular weight excluding hydrogens is 602 g/mol. The van der Waals surface area contributed by atoms with Crippen LogP contribution in [0, 0.1) is 28.6 Å². The standard InChI is InChI=1S/C30H50O2.C11H17NO4/c1-21(2)32-26-15-12-22(3)25(20-26)14-13-24-11-9-19-30(7)27(16-17-28(24)30)23(4)10-8-18-29(5,6)31;1-11(2,3)7-6-10(15)16-12-8(13)4-5-9(12)14/h13-14,21,23,26-28,31H,3,8-12,15-20H2,1-2,4-7H3;4-7H2,1-3H3/b24-13+,25-14-;/t23-,26+,27-,28+,30-;/m1./s1. The number of hydroxylamine groups is 2. The number of amides is 2. The largest absolute Gasteiger partial charge is 0.390 e. The number of aliphatic hydroxyl groups is 1. The van der Waals surface area contributed by atoms with Crippen LogP contribution in [0.3, 0.4) is 0 Å². The molecule has 0 unspecified atom stereocenters. The van der Waals surface area contributed by atoms with E-state index in [1.165, 1.54) is 49.7 Å². The number of hydrogen-bond donors (Lipinski definition) is 1. The topological polar surface area (TPSA) is 93.1 Å². The van der Waals surface area contributed by atoms with Gasteiger partial charge in [0.15, 0.2) is 0 Å². The smallest absolute Gasteiger partial charge is 0.333 e. The number of rotatable bonds is 11. The van der Waals surface area contributed by atoms with Crippen LogP contribution in [0.2, 0.25) is 0 Å². The van der Waals surface area contributed by atoms with Gasteiger partial charge < -0.3 is 14.7 Å². The Labute approximate surface area is 291 Å². The van der Waals surface area contributed by atoms with Gasteiger partial charge in [-0.3, -0.25) is 9.59 Å². The van der Waals surface area contributed by atoms with Gasteiger partial charge in [0.05, 0.1) is 17.8 Å². The molecular formula is C41H67NO6. The molecule has 1 aliphatic heterocycles. The Hall–Kier alpha value is -2.25. The maximum Gasteiger partial charge on any atom is 0.333 e. The summed E-state index contributed by atoms with van der Waals surface area (Å²) in [6, 6.07) is 0. The van der Waals surface area contributed by atoms with Crippen LogP contribution in [0.5, 0.6) is 0 Å². The van der Waals surface area contributed by atoms with Crippen LogP contribution in [-0.2, 0) is 24.0 Å². The molecule has 7 nitrogen and oxygen atoms in total. The van der Waals surface area contributed by atoms with Crippen molar-refractivity contribution in [2.24, 2.45) is 28.6 Å². The Morgan fingerprint density at radius 1 is 1.00 bits per heavy atom. The summed E-state index contributed by atoms with van der Waals surface area (Å²) in [5.74, 6) is 0.910. The van der Waals surface area contributed by atoms with E-state index in [1.807, 2.05) is 34.6 Å². The van der Waals surface area contributed by atoms with Crippen molar-refractivity contribution >= 4 is 17.8 Å². The van der Waals surface area contributed by atoms with Crippen LogP contribution < -0.4 is 0 Å². The predicted octanol–water partition coefficient (Wildman–Crippen LogP) is 9.59. The van der Waals surface area contributed by atoms with E-state index in [1.54, 1.807) is 5.57 Å². The van der Waals surface area contributed by atoms with E-state index in [2.05, 4.69) is 46.4 Å². The van der Waals surface area contributed by atoms with Crippen molar-refractivity contribution in [3.05, 3.63) is 35.5 Å². The van der Waals surface area contributed by atoms with E-state index in [0.717, 1.165) is 49.9 Å². The second kappa shape index (κ2) is 17.1. The molecule has 3 aliphatic carbocycles. The monoisotopic (exact) mass is 669 g/mol. The van der Waals surface area contributed by atoms with Crippen molar-refractivity contribution in [2.45, 2.75) is 176 Å². The quantitative estimate of drug-likeness (QED) is 0.220. The van der Waals surface area contributed by atoms with Crippen LogP contribution in [-0.4, -0.2) is 45.8 Å². The Morgan fingerprint density at radius 2 is 1.67 bits per heavy atom. The highest BCUT2D eigenvalue weighted by Crippen LogP contribution is 2.60. The summed E-state index contributed by atoms with van der Waals surface area (Å²) in [5.41, 5.74) is 4.36. The Morgan fingerprint density at radius 3 is 2.27 bits per heavy atom. The minimum absolute atomic E-state index is 0.0258. The van der Waals surface area contributed by atoms with Crippen LogP contribution in [0.1, 0.15) is 159 Å². The fourth-order valence-corrected chi connectivity index (χ4v) is 8.44. The van der Waals surface area contributed by atoms with Crippen LogP contribution in [0.15, 0.2) is 35.5 Å². The molecule has 0 radical (unpaired) electrons. The molecule has 0 aromatic carbocycles. The third-order valence-electron chi connectivity index (χ3n) is 11.1. The van der Waals surface area contributed by atoms with E-state index in [4.69, 9.17) is 9.57 Å². The number of fused-ring (bicyclic) bond motifs is 1. The van der Waals surface area contributed by atoms with Crippen LogP contribution >= 0.6 is 0 Å². The van der Waals surface area contributed by atoms with Crippen molar-refractivity contribution in [2.75, 3.05) is 0 Å². The number of carbonyl (C=O) groups is 3. The minimum Gasteiger partial charge on any atom is -0.390 e. The summed E-state index contributed by atoms with van der Waals surface area (Å²) in [6.45, 7) is 23.6. The highest BCUT2D eigenvalue weighted by atomic mass is 16.7. The molecule has 4 fully saturated rings. The summed E-state index contributed by atoms with van der Waals surface area (Å²) in [7, 11) is 0. The lowest BCUT2D eigenvalue weighted by Gasteiger charge is -2.44.